The predicted octanol–water partition coefficient (Wildman–Crippen LogP) is 4.13. The highest BCUT2D eigenvalue weighted by Gasteiger charge is 2.31. The molecule has 0 aromatic heterocycles. The van der Waals surface area contributed by atoms with Crippen molar-refractivity contribution in [3.8, 4) is 0 Å². The quantitative estimate of drug-likeness (QED) is 0.759. The molecule has 1 aliphatic heterocycles. The van der Waals surface area contributed by atoms with Crippen molar-refractivity contribution in [2.45, 2.75) is 0 Å². The normalized spacial score (nSPS) is 18.6. The fraction of sp³-hybridized carbons (Fsp3) is 0. The van der Waals surface area contributed by atoms with Gasteiger partial charge in [-0.15, -0.1) is 0 Å². The molecular weight excluding hydrogens is 391 g/mol. The number of hydrogen-bond acceptors (Lipinski definition) is 4. The number of sulfone groups is 2. The molecule has 8 heteroatoms. The van der Waals surface area contributed by atoms with Crippen LogP contribution in [0.3, 0.4) is 0 Å². The maximum absolute atomic E-state index is 12.5. The van der Waals surface area contributed by atoms with Crippen molar-refractivity contribution in [3.63, 3.8) is 0 Å². The lowest BCUT2D eigenvalue weighted by atomic mass is 10.2. The standard InChI is InChI=1S/C16H10Cl2O4S2/c17-13-5-1-11(2-6-13)15-9-24(21,22)16(10-23(15,19)20)12-3-7-14(18)8-4-12/h1-10H. The minimum atomic E-state index is -3.92. The van der Waals surface area contributed by atoms with Gasteiger partial charge in [-0.2, -0.15) is 0 Å². The molecule has 0 N–H and O–H groups in total. The molecule has 0 aliphatic carbocycles. The van der Waals surface area contributed by atoms with Crippen LogP contribution >= 0.6 is 23.2 Å². The number of benzene rings is 2. The largest absolute Gasteiger partial charge is 0.219 e. The van der Waals surface area contributed by atoms with E-state index in [9.17, 15) is 16.8 Å². The van der Waals surface area contributed by atoms with Gasteiger partial charge in [0, 0.05) is 10.0 Å². The van der Waals surface area contributed by atoms with E-state index in [1.807, 2.05) is 0 Å². The molecule has 1 heterocycles. The third-order valence-corrected chi connectivity index (χ3v) is 7.22. The maximum atomic E-state index is 12.5. The highest BCUT2D eigenvalue weighted by molar-refractivity contribution is 8.11. The van der Waals surface area contributed by atoms with Crippen molar-refractivity contribution in [3.05, 3.63) is 80.5 Å². The van der Waals surface area contributed by atoms with Crippen molar-refractivity contribution < 1.29 is 16.8 Å². The van der Waals surface area contributed by atoms with Crippen LogP contribution < -0.4 is 0 Å². The Labute approximate surface area is 149 Å². The van der Waals surface area contributed by atoms with E-state index in [0.29, 0.717) is 10.0 Å². The maximum Gasteiger partial charge on any atom is 0.202 e. The molecule has 0 fully saturated rings. The highest BCUT2D eigenvalue weighted by Crippen LogP contribution is 2.36. The molecule has 0 saturated carbocycles. The Morgan fingerprint density at radius 2 is 0.833 bits per heavy atom. The van der Waals surface area contributed by atoms with Gasteiger partial charge < -0.3 is 0 Å². The third-order valence-electron chi connectivity index (χ3n) is 3.39. The molecule has 0 unspecified atom stereocenters. The first-order chi connectivity index (χ1) is 11.2. The van der Waals surface area contributed by atoms with E-state index in [4.69, 9.17) is 23.2 Å². The van der Waals surface area contributed by atoms with E-state index in [2.05, 4.69) is 0 Å². The van der Waals surface area contributed by atoms with Gasteiger partial charge in [-0.25, -0.2) is 16.8 Å². The average Bonchev–Trinajstić information content (AvgIpc) is 2.51. The Balaban J connectivity index is 2.16. The van der Waals surface area contributed by atoms with Gasteiger partial charge in [-0.1, -0.05) is 47.5 Å². The second-order valence-corrected chi connectivity index (χ2v) is 9.47. The van der Waals surface area contributed by atoms with Crippen LogP contribution in [-0.4, -0.2) is 16.8 Å². The Hall–Kier alpha value is -1.60. The lowest BCUT2D eigenvalue weighted by Crippen LogP contribution is -2.12. The van der Waals surface area contributed by atoms with Crippen molar-refractivity contribution in [1.29, 1.82) is 0 Å². The summed E-state index contributed by atoms with van der Waals surface area (Å²) in [6.07, 6.45) is 0. The molecular formula is C16H10Cl2O4S2. The molecule has 2 aromatic rings. The van der Waals surface area contributed by atoms with E-state index >= 15 is 0 Å². The average molecular weight is 401 g/mol. The summed E-state index contributed by atoms with van der Waals surface area (Å²) in [5.41, 5.74) is 0.517. The lowest BCUT2D eigenvalue weighted by Gasteiger charge is -2.15. The van der Waals surface area contributed by atoms with Crippen LogP contribution in [0.1, 0.15) is 11.1 Å². The smallest absolute Gasteiger partial charge is 0.202 e. The predicted molar refractivity (Wildman–Crippen MR) is 96.7 cm³/mol. The van der Waals surface area contributed by atoms with Crippen molar-refractivity contribution in [1.82, 2.24) is 0 Å². The first-order valence-corrected chi connectivity index (χ1v) is 10.5. The van der Waals surface area contributed by atoms with Gasteiger partial charge in [0.15, 0.2) is 0 Å². The number of hydrogen-bond donors (Lipinski definition) is 0. The summed E-state index contributed by atoms with van der Waals surface area (Å²) >= 11 is 11.6. The Morgan fingerprint density at radius 1 is 0.542 bits per heavy atom. The van der Waals surface area contributed by atoms with Gasteiger partial charge in [0.25, 0.3) is 0 Å². The molecule has 0 saturated heterocycles. The van der Waals surface area contributed by atoms with Gasteiger partial charge in [0.05, 0.1) is 20.6 Å². The summed E-state index contributed by atoms with van der Waals surface area (Å²) in [5, 5.41) is 2.39. The van der Waals surface area contributed by atoms with E-state index in [1.54, 1.807) is 0 Å². The molecule has 2 aromatic carbocycles. The molecule has 24 heavy (non-hydrogen) atoms. The van der Waals surface area contributed by atoms with Gasteiger partial charge in [0.2, 0.25) is 19.7 Å². The molecule has 4 nitrogen and oxygen atoms in total. The third kappa shape index (κ3) is 3.28. The van der Waals surface area contributed by atoms with Crippen LogP contribution in [0.5, 0.6) is 0 Å². The first-order valence-electron chi connectivity index (χ1n) is 6.64. The van der Waals surface area contributed by atoms with E-state index in [0.717, 1.165) is 10.8 Å². The van der Waals surface area contributed by atoms with Crippen LogP contribution in [0, 0.1) is 0 Å². The summed E-state index contributed by atoms with van der Waals surface area (Å²) in [5.74, 6) is 0. The first kappa shape index (κ1) is 17.2. The van der Waals surface area contributed by atoms with Crippen LogP contribution in [0.25, 0.3) is 9.81 Å². The molecule has 0 bridgehead atoms. The SMILES string of the molecule is O=S1(=O)C=C(c2ccc(Cl)cc2)S(=O)(=O)C=C1c1ccc(Cl)cc1. The van der Waals surface area contributed by atoms with Crippen molar-refractivity contribution >= 4 is 52.7 Å². The zero-order chi connectivity index (χ0) is 17.5. The minimum absolute atomic E-state index is 0.259. The van der Waals surface area contributed by atoms with Crippen molar-refractivity contribution in [2.75, 3.05) is 0 Å². The number of rotatable bonds is 2. The fourth-order valence-electron chi connectivity index (χ4n) is 2.24. The zero-order valence-corrected chi connectivity index (χ0v) is 15.1. The summed E-state index contributed by atoms with van der Waals surface area (Å²) in [6.45, 7) is 0. The minimum Gasteiger partial charge on any atom is -0.219 e. The van der Waals surface area contributed by atoms with Gasteiger partial charge >= 0.3 is 0 Å². The molecule has 0 amide bonds. The second kappa shape index (κ2) is 6.04. The lowest BCUT2D eigenvalue weighted by molar-refractivity contribution is 0.608. The van der Waals surface area contributed by atoms with Crippen LogP contribution in [-0.2, 0) is 19.7 Å². The zero-order valence-electron chi connectivity index (χ0n) is 12.0. The number of halogens is 2. The monoisotopic (exact) mass is 400 g/mol. The molecule has 0 spiro atoms. The van der Waals surface area contributed by atoms with Gasteiger partial charge in [0.1, 0.15) is 0 Å². The summed E-state index contributed by atoms with van der Waals surface area (Å²) in [4.78, 5) is -0.561. The molecule has 3 rings (SSSR count). The van der Waals surface area contributed by atoms with Gasteiger partial charge in [-0.3, -0.25) is 0 Å². The summed E-state index contributed by atoms with van der Waals surface area (Å²) in [7, 11) is -7.85. The van der Waals surface area contributed by atoms with Crippen LogP contribution in [0.2, 0.25) is 10.0 Å². The Kier molecular flexibility index (Phi) is 4.34. The van der Waals surface area contributed by atoms with E-state index < -0.39 is 19.7 Å². The Morgan fingerprint density at radius 3 is 1.12 bits per heavy atom. The summed E-state index contributed by atoms with van der Waals surface area (Å²) < 4.78 is 50.1. The molecule has 0 radical (unpaired) electrons. The van der Waals surface area contributed by atoms with E-state index in [1.165, 1.54) is 48.5 Å². The topological polar surface area (TPSA) is 68.3 Å². The second-order valence-electron chi connectivity index (χ2n) is 5.07. The van der Waals surface area contributed by atoms with Crippen molar-refractivity contribution in [2.24, 2.45) is 0 Å². The molecule has 1 aliphatic rings. The summed E-state index contributed by atoms with van der Waals surface area (Å²) in [6, 6.07) is 11.8. The van der Waals surface area contributed by atoms with Crippen LogP contribution in [0.15, 0.2) is 59.3 Å². The highest BCUT2D eigenvalue weighted by atomic mass is 35.5. The van der Waals surface area contributed by atoms with E-state index in [-0.39, 0.29) is 20.9 Å². The van der Waals surface area contributed by atoms with Gasteiger partial charge in [-0.05, 0) is 35.4 Å². The Bertz CT molecular complexity index is 974. The van der Waals surface area contributed by atoms with Crippen LogP contribution in [0.4, 0.5) is 0 Å². The molecule has 124 valence electrons. The fourth-order valence-corrected chi connectivity index (χ4v) is 6.34. The molecule has 0 atom stereocenters.